The molecule has 0 spiro atoms. The van der Waals surface area contributed by atoms with Gasteiger partial charge in [-0.05, 0) is 49.6 Å². The van der Waals surface area contributed by atoms with E-state index in [0.717, 1.165) is 44.5 Å². The predicted molar refractivity (Wildman–Crippen MR) is 133 cm³/mol. The van der Waals surface area contributed by atoms with E-state index >= 15 is 0 Å². The third-order valence-electron chi connectivity index (χ3n) is 7.15. The number of anilines is 3. The van der Waals surface area contributed by atoms with Crippen molar-refractivity contribution in [3.05, 3.63) is 54.5 Å². The quantitative estimate of drug-likeness (QED) is 0.362. The molecule has 11 heteroatoms. The normalized spacial score (nSPS) is 22.9. The highest BCUT2D eigenvalue weighted by Gasteiger charge is 2.42. The molecule has 3 fully saturated rings. The Kier molecular flexibility index (Phi) is 6.29. The number of hydrogen-bond acceptors (Lipinski definition) is 9. The second-order valence-corrected chi connectivity index (χ2v) is 9.44. The second-order valence-electron chi connectivity index (χ2n) is 9.44. The summed E-state index contributed by atoms with van der Waals surface area (Å²) in [6.45, 7) is 2.41. The van der Waals surface area contributed by atoms with Crippen LogP contribution in [-0.2, 0) is 9.53 Å². The van der Waals surface area contributed by atoms with Gasteiger partial charge in [0.25, 0.3) is 0 Å². The lowest BCUT2D eigenvalue weighted by Gasteiger charge is -2.34. The van der Waals surface area contributed by atoms with E-state index in [4.69, 9.17) is 14.5 Å². The number of aromatic nitrogens is 3. The predicted octanol–water partition coefficient (Wildman–Crippen LogP) is 3.58. The summed E-state index contributed by atoms with van der Waals surface area (Å²) < 4.78 is 40.6. The number of fused-ring (bicyclic) bond motifs is 3. The molecule has 0 aliphatic carbocycles. The van der Waals surface area contributed by atoms with Gasteiger partial charge in [-0.1, -0.05) is 0 Å². The van der Waals surface area contributed by atoms with Crippen molar-refractivity contribution in [3.8, 4) is 5.75 Å². The number of carbonyl (C=O) groups is 1. The first-order valence-electron chi connectivity index (χ1n) is 12.4. The molecule has 2 bridgehead atoms. The minimum absolute atomic E-state index is 0.0768. The Morgan fingerprint density at radius 1 is 1.14 bits per heavy atom. The van der Waals surface area contributed by atoms with Crippen LogP contribution in [0.15, 0.2) is 42.9 Å². The monoisotopic (exact) mass is 508 g/mol. The highest BCUT2D eigenvalue weighted by molar-refractivity contribution is 5.88. The molecule has 1 aromatic carbocycles. The van der Waals surface area contributed by atoms with Gasteiger partial charge in [0.15, 0.2) is 17.4 Å². The van der Waals surface area contributed by atoms with Crippen LogP contribution < -0.4 is 15.0 Å². The van der Waals surface area contributed by atoms with Gasteiger partial charge in [-0.25, -0.2) is 19.3 Å². The van der Waals surface area contributed by atoms with Crippen molar-refractivity contribution in [2.45, 2.75) is 37.5 Å². The second kappa shape index (κ2) is 9.89. The first-order valence-corrected chi connectivity index (χ1v) is 12.4. The molecule has 3 atom stereocenters. The van der Waals surface area contributed by atoms with Crippen LogP contribution in [0.4, 0.5) is 26.1 Å². The lowest BCUT2D eigenvalue weighted by molar-refractivity contribution is -0.104. The van der Waals surface area contributed by atoms with Gasteiger partial charge in [0.05, 0.1) is 17.3 Å². The van der Waals surface area contributed by atoms with Gasteiger partial charge in [-0.3, -0.25) is 4.79 Å². The van der Waals surface area contributed by atoms with E-state index in [1.807, 2.05) is 18.3 Å². The standard InChI is InChI=1S/C26H26F2N6O3/c27-23-19(4-6-21(24(23)28)37-14-18-3-1-10-36-18)31-26-25-20(29-15-30-26)5-7-22(32-25)34-13-16-11-17(34)12-33(16)8-2-9-35/h2,4-9,15-18H,1,3,10-14H2,(H,29,30,31)/b8-2+/t16-,17-,18+/m0/s1. The van der Waals surface area contributed by atoms with Gasteiger partial charge in [-0.2, -0.15) is 4.39 Å². The van der Waals surface area contributed by atoms with Crippen molar-refractivity contribution in [1.82, 2.24) is 19.9 Å². The fraction of sp³-hybridized carbons (Fsp3) is 0.385. The van der Waals surface area contributed by atoms with Crippen LogP contribution in [0.25, 0.3) is 11.0 Å². The van der Waals surface area contributed by atoms with E-state index in [0.29, 0.717) is 23.7 Å². The zero-order chi connectivity index (χ0) is 25.4. The van der Waals surface area contributed by atoms with Crippen molar-refractivity contribution in [2.24, 2.45) is 0 Å². The van der Waals surface area contributed by atoms with Crippen LogP contribution >= 0.6 is 0 Å². The molecular formula is C26H26F2N6O3. The lowest BCUT2D eigenvalue weighted by Crippen LogP contribution is -2.44. The van der Waals surface area contributed by atoms with E-state index in [9.17, 15) is 13.6 Å². The van der Waals surface area contributed by atoms with E-state index in [1.165, 1.54) is 24.5 Å². The molecule has 5 heterocycles. The van der Waals surface area contributed by atoms with E-state index in [-0.39, 0.29) is 36.0 Å². The maximum absolute atomic E-state index is 14.9. The summed E-state index contributed by atoms with van der Waals surface area (Å²) in [5.41, 5.74) is 0.963. The number of halogens is 2. The van der Waals surface area contributed by atoms with Gasteiger partial charge in [0.2, 0.25) is 5.82 Å². The van der Waals surface area contributed by atoms with Crippen LogP contribution in [0.5, 0.6) is 5.75 Å². The lowest BCUT2D eigenvalue weighted by atomic mass is 10.2. The van der Waals surface area contributed by atoms with Crippen LogP contribution in [0.3, 0.4) is 0 Å². The molecule has 2 aromatic heterocycles. The number of pyridine rings is 1. The summed E-state index contributed by atoms with van der Waals surface area (Å²) in [6.07, 6.45) is 8.14. The topological polar surface area (TPSA) is 92.7 Å². The number of likely N-dealkylation sites (tertiary alicyclic amines) is 1. The molecule has 1 N–H and O–H groups in total. The molecule has 0 saturated carbocycles. The van der Waals surface area contributed by atoms with E-state index in [2.05, 4.69) is 25.1 Å². The van der Waals surface area contributed by atoms with Crippen molar-refractivity contribution in [3.63, 3.8) is 0 Å². The highest BCUT2D eigenvalue weighted by Crippen LogP contribution is 2.35. The Bertz CT molecular complexity index is 1350. The summed E-state index contributed by atoms with van der Waals surface area (Å²) in [6, 6.07) is 7.14. The molecule has 37 heavy (non-hydrogen) atoms. The van der Waals surface area contributed by atoms with Crippen molar-refractivity contribution >= 4 is 34.6 Å². The molecule has 0 unspecified atom stereocenters. The summed E-state index contributed by atoms with van der Waals surface area (Å²) in [5.74, 6) is -1.25. The minimum atomic E-state index is -1.07. The Morgan fingerprint density at radius 3 is 2.84 bits per heavy atom. The number of benzene rings is 1. The number of allylic oxidation sites excluding steroid dienone is 1. The molecular weight excluding hydrogens is 482 g/mol. The summed E-state index contributed by atoms with van der Waals surface area (Å²) in [5, 5.41) is 2.88. The number of nitrogens with zero attached hydrogens (tertiary/aromatic N) is 5. The molecule has 9 nitrogen and oxygen atoms in total. The number of rotatable bonds is 8. The van der Waals surface area contributed by atoms with Crippen molar-refractivity contribution in [1.29, 1.82) is 0 Å². The van der Waals surface area contributed by atoms with Crippen LogP contribution in [0.2, 0.25) is 0 Å². The Morgan fingerprint density at radius 2 is 2.05 bits per heavy atom. The smallest absolute Gasteiger partial charge is 0.202 e. The Labute approximate surface area is 212 Å². The minimum Gasteiger partial charge on any atom is -0.488 e. The third kappa shape index (κ3) is 4.55. The number of nitrogens with one attached hydrogen (secondary N) is 1. The van der Waals surface area contributed by atoms with Crippen molar-refractivity contribution < 1.29 is 23.0 Å². The first kappa shape index (κ1) is 23.5. The first-order chi connectivity index (χ1) is 18.1. The number of ether oxygens (including phenoxy) is 2. The fourth-order valence-corrected chi connectivity index (χ4v) is 5.31. The van der Waals surface area contributed by atoms with Crippen LogP contribution in [-0.4, -0.2) is 70.6 Å². The van der Waals surface area contributed by atoms with Crippen LogP contribution in [0.1, 0.15) is 19.3 Å². The Hall–Kier alpha value is -3.86. The molecule has 0 amide bonds. The average molecular weight is 509 g/mol. The number of piperazine rings is 1. The molecule has 3 aliphatic rings. The zero-order valence-electron chi connectivity index (χ0n) is 20.0. The Balaban J connectivity index is 1.22. The summed E-state index contributed by atoms with van der Waals surface area (Å²) in [4.78, 5) is 28.4. The van der Waals surface area contributed by atoms with E-state index in [1.54, 1.807) is 0 Å². The number of hydrogen-bond donors (Lipinski definition) is 1. The van der Waals surface area contributed by atoms with Crippen LogP contribution in [0, 0.1) is 11.6 Å². The number of carbonyl (C=O) groups excluding carboxylic acids is 1. The van der Waals surface area contributed by atoms with E-state index < -0.39 is 11.6 Å². The molecule has 3 aliphatic heterocycles. The van der Waals surface area contributed by atoms with Gasteiger partial charge < -0.3 is 24.6 Å². The molecule has 3 aromatic rings. The maximum atomic E-state index is 14.9. The van der Waals surface area contributed by atoms with Gasteiger partial charge in [0, 0.05) is 38.0 Å². The SMILES string of the molecule is O=C/C=C/N1C[C@@H]2C[C@H]1CN2c1ccc2ncnc(Nc3ccc(OC[C@H]4CCCO4)c(F)c3F)c2n1. The zero-order valence-corrected chi connectivity index (χ0v) is 20.0. The van der Waals surface area contributed by atoms with Gasteiger partial charge >= 0.3 is 0 Å². The summed E-state index contributed by atoms with van der Waals surface area (Å²) in [7, 11) is 0. The van der Waals surface area contributed by atoms with Gasteiger partial charge in [0.1, 0.15) is 30.6 Å². The summed E-state index contributed by atoms with van der Waals surface area (Å²) >= 11 is 0. The highest BCUT2D eigenvalue weighted by atomic mass is 19.2. The molecule has 192 valence electrons. The molecule has 6 rings (SSSR count). The fourth-order valence-electron chi connectivity index (χ4n) is 5.31. The largest absolute Gasteiger partial charge is 0.488 e. The van der Waals surface area contributed by atoms with Crippen molar-refractivity contribution in [2.75, 3.05) is 36.5 Å². The third-order valence-corrected chi connectivity index (χ3v) is 7.15. The average Bonchev–Trinajstić information content (AvgIpc) is 3.68. The maximum Gasteiger partial charge on any atom is 0.202 e. The van der Waals surface area contributed by atoms with Gasteiger partial charge in [-0.15, -0.1) is 0 Å². The molecule has 0 radical (unpaired) electrons. The molecule has 3 saturated heterocycles. The number of aldehydes is 1.